The summed E-state index contributed by atoms with van der Waals surface area (Å²) in [6.45, 7) is 11.4. The largest absolute Gasteiger partial charge is 0.492 e. The zero-order valence-electron chi connectivity index (χ0n) is 16.8. The van der Waals surface area contributed by atoms with Crippen LogP contribution in [0.25, 0.3) is 0 Å². The van der Waals surface area contributed by atoms with Gasteiger partial charge < -0.3 is 20.3 Å². The molecule has 1 aliphatic rings. The van der Waals surface area contributed by atoms with E-state index in [9.17, 15) is 4.79 Å². The van der Waals surface area contributed by atoms with Gasteiger partial charge in [-0.2, -0.15) is 0 Å². The van der Waals surface area contributed by atoms with Crippen molar-refractivity contribution < 1.29 is 9.53 Å². The summed E-state index contributed by atoms with van der Waals surface area (Å²) in [7, 11) is 0. The number of halogens is 1. The number of ether oxygens (including phenoxy) is 1. The topological polar surface area (TPSA) is 66.0 Å². The Morgan fingerprint density at radius 2 is 2.19 bits per heavy atom. The van der Waals surface area contributed by atoms with Crippen LogP contribution in [0.5, 0.6) is 5.75 Å². The zero-order chi connectivity index (χ0) is 18.9. The lowest BCUT2D eigenvalue weighted by atomic mass is 10.2. The van der Waals surface area contributed by atoms with Crippen LogP contribution in [0.3, 0.4) is 0 Å². The van der Waals surface area contributed by atoms with Crippen LogP contribution in [0, 0.1) is 12.8 Å². The third-order valence-corrected chi connectivity index (χ3v) is 4.30. The molecular weight excluding hydrogens is 455 g/mol. The summed E-state index contributed by atoms with van der Waals surface area (Å²) in [5.74, 6) is 1.93. The Morgan fingerprint density at radius 1 is 1.41 bits per heavy atom. The highest BCUT2D eigenvalue weighted by molar-refractivity contribution is 14.0. The Hall–Kier alpha value is -1.51. The fourth-order valence-electron chi connectivity index (χ4n) is 2.98. The third-order valence-electron chi connectivity index (χ3n) is 4.30. The van der Waals surface area contributed by atoms with Crippen molar-refractivity contribution in [3.05, 3.63) is 29.8 Å². The smallest absolute Gasteiger partial charge is 0.225 e. The average molecular weight is 488 g/mol. The van der Waals surface area contributed by atoms with E-state index in [2.05, 4.69) is 15.6 Å². The summed E-state index contributed by atoms with van der Waals surface area (Å²) in [5.41, 5.74) is 1.18. The Bertz CT molecular complexity index is 622. The van der Waals surface area contributed by atoms with Gasteiger partial charge in [-0.15, -0.1) is 24.0 Å². The highest BCUT2D eigenvalue weighted by Gasteiger charge is 2.27. The summed E-state index contributed by atoms with van der Waals surface area (Å²) < 4.78 is 5.74. The molecule has 0 aliphatic carbocycles. The normalized spacial score (nSPS) is 16.9. The predicted octanol–water partition coefficient (Wildman–Crippen LogP) is 2.80. The number of aryl methyl sites for hydroxylation is 1. The van der Waals surface area contributed by atoms with Crippen LogP contribution < -0.4 is 15.4 Å². The molecule has 6 nitrogen and oxygen atoms in total. The number of likely N-dealkylation sites (tertiary alicyclic amines) is 1. The minimum atomic E-state index is 0. The maximum Gasteiger partial charge on any atom is 0.225 e. The molecule has 0 spiro atoms. The molecule has 0 radical (unpaired) electrons. The van der Waals surface area contributed by atoms with Crippen LogP contribution in [0.4, 0.5) is 0 Å². The molecule has 1 aromatic rings. The lowest BCUT2D eigenvalue weighted by Gasteiger charge is -2.20. The molecular formula is C20H33IN4O2. The Morgan fingerprint density at radius 3 is 2.85 bits per heavy atom. The molecule has 2 rings (SSSR count). The number of rotatable bonds is 7. The second-order valence-electron chi connectivity index (χ2n) is 6.99. The third kappa shape index (κ3) is 7.94. The van der Waals surface area contributed by atoms with Crippen molar-refractivity contribution in [1.82, 2.24) is 15.5 Å². The van der Waals surface area contributed by atoms with Gasteiger partial charge in [0.1, 0.15) is 12.4 Å². The second-order valence-corrected chi connectivity index (χ2v) is 6.99. The molecule has 0 saturated carbocycles. The van der Waals surface area contributed by atoms with E-state index in [1.54, 1.807) is 0 Å². The molecule has 1 fully saturated rings. The number of carbonyl (C=O) groups excluding carboxylic acids is 1. The summed E-state index contributed by atoms with van der Waals surface area (Å²) >= 11 is 0. The van der Waals surface area contributed by atoms with Gasteiger partial charge in [-0.05, 0) is 38.0 Å². The maximum atomic E-state index is 12.1. The van der Waals surface area contributed by atoms with Crippen LogP contribution in [-0.4, -0.2) is 55.6 Å². The molecule has 1 aromatic carbocycles. The highest BCUT2D eigenvalue weighted by atomic mass is 127. The summed E-state index contributed by atoms with van der Waals surface area (Å²) in [6.07, 6.45) is 0.947. The second kappa shape index (κ2) is 12.0. The van der Waals surface area contributed by atoms with Crippen molar-refractivity contribution in [3.8, 4) is 5.75 Å². The fourth-order valence-corrected chi connectivity index (χ4v) is 2.98. The lowest BCUT2D eigenvalue weighted by Crippen LogP contribution is -2.45. The molecule has 1 unspecified atom stereocenters. The Balaban J connectivity index is 0.00000364. The fraction of sp³-hybridized carbons (Fsp3) is 0.600. The molecule has 1 saturated heterocycles. The number of nitrogens with zero attached hydrogens (tertiary/aromatic N) is 2. The Labute approximate surface area is 180 Å². The van der Waals surface area contributed by atoms with Gasteiger partial charge in [0.15, 0.2) is 5.96 Å². The first-order valence-electron chi connectivity index (χ1n) is 9.52. The number of hydrogen-bond donors (Lipinski definition) is 2. The lowest BCUT2D eigenvalue weighted by molar-refractivity contribution is -0.133. The van der Waals surface area contributed by atoms with E-state index in [0.717, 1.165) is 37.8 Å². The van der Waals surface area contributed by atoms with Gasteiger partial charge in [0.2, 0.25) is 5.91 Å². The number of aliphatic imine (C=N–C) groups is 1. The van der Waals surface area contributed by atoms with E-state index in [1.165, 1.54) is 5.56 Å². The van der Waals surface area contributed by atoms with Crippen LogP contribution in [0.2, 0.25) is 0 Å². The molecule has 27 heavy (non-hydrogen) atoms. The predicted molar refractivity (Wildman–Crippen MR) is 121 cm³/mol. The van der Waals surface area contributed by atoms with E-state index in [0.29, 0.717) is 13.2 Å². The maximum absolute atomic E-state index is 12.1. The molecule has 152 valence electrons. The van der Waals surface area contributed by atoms with Crippen LogP contribution >= 0.6 is 24.0 Å². The van der Waals surface area contributed by atoms with Gasteiger partial charge in [0.25, 0.3) is 0 Å². The summed E-state index contributed by atoms with van der Waals surface area (Å²) in [5, 5.41) is 6.70. The molecule has 1 heterocycles. The quantitative estimate of drug-likeness (QED) is 0.268. The number of guanidine groups is 1. The number of benzene rings is 1. The van der Waals surface area contributed by atoms with E-state index in [4.69, 9.17) is 4.74 Å². The van der Waals surface area contributed by atoms with Crippen molar-refractivity contribution in [1.29, 1.82) is 0 Å². The van der Waals surface area contributed by atoms with E-state index in [-0.39, 0.29) is 41.8 Å². The molecule has 1 atom stereocenters. The molecule has 0 aromatic heterocycles. The first kappa shape index (κ1) is 23.5. The van der Waals surface area contributed by atoms with Gasteiger partial charge >= 0.3 is 0 Å². The standard InChI is InChI=1S/C20H32N4O2.HI/c1-5-21-20(22-10-12-26-18-8-6-7-16(4)13-18)23-17-9-11-24(14-17)19(25)15(2)3;/h6-8,13,15,17H,5,9-12,14H2,1-4H3,(H2,21,22,23);1H. The molecule has 1 aliphatic heterocycles. The molecule has 0 bridgehead atoms. The first-order valence-corrected chi connectivity index (χ1v) is 9.52. The van der Waals surface area contributed by atoms with Gasteiger partial charge in [-0.3, -0.25) is 4.79 Å². The van der Waals surface area contributed by atoms with Crippen molar-refractivity contribution >= 4 is 35.8 Å². The molecule has 7 heteroatoms. The SMILES string of the molecule is CCNC(=NCCOc1cccc(C)c1)NC1CCN(C(=O)C(C)C)C1.I. The van der Waals surface area contributed by atoms with Gasteiger partial charge in [0.05, 0.1) is 6.54 Å². The zero-order valence-corrected chi connectivity index (χ0v) is 19.2. The van der Waals surface area contributed by atoms with E-state index < -0.39 is 0 Å². The van der Waals surface area contributed by atoms with Gasteiger partial charge in [-0.1, -0.05) is 26.0 Å². The van der Waals surface area contributed by atoms with Crippen LogP contribution in [0.1, 0.15) is 32.8 Å². The minimum Gasteiger partial charge on any atom is -0.492 e. The van der Waals surface area contributed by atoms with Gasteiger partial charge in [0, 0.05) is 31.6 Å². The number of amides is 1. The van der Waals surface area contributed by atoms with Crippen molar-refractivity contribution in [2.45, 2.75) is 40.2 Å². The number of hydrogen-bond acceptors (Lipinski definition) is 3. The van der Waals surface area contributed by atoms with Crippen LogP contribution in [-0.2, 0) is 4.79 Å². The number of nitrogens with one attached hydrogen (secondary N) is 2. The monoisotopic (exact) mass is 488 g/mol. The van der Waals surface area contributed by atoms with E-state index >= 15 is 0 Å². The van der Waals surface area contributed by atoms with Crippen LogP contribution in [0.15, 0.2) is 29.3 Å². The van der Waals surface area contributed by atoms with Crippen molar-refractivity contribution in [2.75, 3.05) is 32.8 Å². The summed E-state index contributed by atoms with van der Waals surface area (Å²) in [4.78, 5) is 18.6. The van der Waals surface area contributed by atoms with Gasteiger partial charge in [-0.25, -0.2) is 4.99 Å². The Kier molecular flexibility index (Phi) is 10.5. The first-order chi connectivity index (χ1) is 12.5. The minimum absolute atomic E-state index is 0. The summed E-state index contributed by atoms with van der Waals surface area (Å²) in [6, 6.07) is 8.26. The van der Waals surface area contributed by atoms with Crippen molar-refractivity contribution in [2.24, 2.45) is 10.9 Å². The highest BCUT2D eigenvalue weighted by Crippen LogP contribution is 2.13. The molecule has 2 N–H and O–H groups in total. The average Bonchev–Trinajstić information content (AvgIpc) is 3.06. The molecule has 1 amide bonds. The van der Waals surface area contributed by atoms with E-state index in [1.807, 2.05) is 56.9 Å². The van der Waals surface area contributed by atoms with Crippen molar-refractivity contribution in [3.63, 3.8) is 0 Å². The number of carbonyl (C=O) groups is 1.